The Balaban J connectivity index is 2.04. The lowest BCUT2D eigenvalue weighted by atomic mass is 10.1. The summed E-state index contributed by atoms with van der Waals surface area (Å²) in [6, 6.07) is 10.1. The average molecular weight is 340 g/mol. The maximum absolute atomic E-state index is 6.20. The molecule has 0 fully saturated rings. The van der Waals surface area contributed by atoms with Crippen molar-refractivity contribution in [2.75, 3.05) is 5.32 Å². The first-order chi connectivity index (χ1) is 9.99. The van der Waals surface area contributed by atoms with Crippen LogP contribution in [-0.4, -0.2) is 10.1 Å². The second kappa shape index (κ2) is 7.07. The van der Waals surface area contributed by atoms with Crippen molar-refractivity contribution in [1.29, 1.82) is 0 Å². The van der Waals surface area contributed by atoms with E-state index >= 15 is 0 Å². The van der Waals surface area contributed by atoms with Gasteiger partial charge in [-0.3, -0.25) is 0 Å². The van der Waals surface area contributed by atoms with Crippen LogP contribution in [0, 0.1) is 6.92 Å². The van der Waals surface area contributed by atoms with E-state index in [1.54, 1.807) is 6.20 Å². The molecular weight excluding hydrogens is 325 g/mol. The van der Waals surface area contributed by atoms with Crippen LogP contribution in [0.1, 0.15) is 24.1 Å². The van der Waals surface area contributed by atoms with Crippen molar-refractivity contribution < 1.29 is 0 Å². The van der Waals surface area contributed by atoms with Gasteiger partial charge < -0.3 is 10.6 Å². The lowest BCUT2D eigenvalue weighted by Crippen LogP contribution is -2.31. The number of nitrogens with zero attached hydrogens (tertiary/aromatic N) is 1. The summed E-state index contributed by atoms with van der Waals surface area (Å²) in [6.45, 7) is 3.87. The van der Waals surface area contributed by atoms with E-state index in [1.807, 2.05) is 44.2 Å². The van der Waals surface area contributed by atoms with Crippen molar-refractivity contribution in [2.45, 2.75) is 19.9 Å². The summed E-state index contributed by atoms with van der Waals surface area (Å²) >= 11 is 17.5. The molecule has 110 valence electrons. The number of rotatable bonds is 3. The fourth-order valence-corrected chi connectivity index (χ4v) is 2.47. The first-order valence-electron chi connectivity index (χ1n) is 6.42. The van der Waals surface area contributed by atoms with Crippen molar-refractivity contribution in [1.82, 2.24) is 10.3 Å². The number of nitrogens with one attached hydrogen (secondary N) is 2. The smallest absolute Gasteiger partial charge is 0.172 e. The molecule has 0 spiro atoms. The number of anilines is 1. The molecule has 0 saturated carbocycles. The molecule has 6 heteroatoms. The topological polar surface area (TPSA) is 37.0 Å². The molecule has 2 N–H and O–H groups in total. The predicted molar refractivity (Wildman–Crippen MR) is 93.2 cm³/mol. The normalized spacial score (nSPS) is 11.8. The minimum Gasteiger partial charge on any atom is -0.356 e. The van der Waals surface area contributed by atoms with Gasteiger partial charge in [-0.2, -0.15) is 0 Å². The molecule has 3 nitrogen and oxygen atoms in total. The summed E-state index contributed by atoms with van der Waals surface area (Å²) in [5.74, 6) is 0.497. The van der Waals surface area contributed by atoms with Gasteiger partial charge in [-0.15, -0.1) is 0 Å². The lowest BCUT2D eigenvalue weighted by molar-refractivity contribution is 0.722. The van der Waals surface area contributed by atoms with E-state index in [0.29, 0.717) is 21.0 Å². The second-order valence-electron chi connectivity index (χ2n) is 4.62. The molecule has 1 atom stereocenters. The first-order valence-corrected chi connectivity index (χ1v) is 7.58. The van der Waals surface area contributed by atoms with Gasteiger partial charge in [-0.05, 0) is 37.2 Å². The van der Waals surface area contributed by atoms with Crippen molar-refractivity contribution >= 4 is 46.4 Å². The van der Waals surface area contributed by atoms with Gasteiger partial charge in [0.05, 0.1) is 16.1 Å². The molecule has 0 aliphatic rings. The quantitative estimate of drug-likeness (QED) is 0.791. The largest absolute Gasteiger partial charge is 0.356 e. The number of pyridine rings is 1. The fourth-order valence-electron chi connectivity index (χ4n) is 1.81. The third kappa shape index (κ3) is 4.06. The van der Waals surface area contributed by atoms with Crippen LogP contribution in [0.3, 0.4) is 0 Å². The number of benzene rings is 1. The molecule has 0 radical (unpaired) electrons. The molecule has 21 heavy (non-hydrogen) atoms. The minimum atomic E-state index is 0.0818. The molecule has 0 bridgehead atoms. The van der Waals surface area contributed by atoms with Gasteiger partial charge in [0.25, 0.3) is 0 Å². The number of hydrogen-bond acceptors (Lipinski definition) is 2. The average Bonchev–Trinajstić information content (AvgIpc) is 2.49. The molecular formula is C15H15Cl2N3S. The van der Waals surface area contributed by atoms with Crippen LogP contribution in [0.2, 0.25) is 10.0 Å². The first kappa shape index (κ1) is 16.0. The fraction of sp³-hybridized carbons (Fsp3) is 0.200. The summed E-state index contributed by atoms with van der Waals surface area (Å²) < 4.78 is 0. The van der Waals surface area contributed by atoms with Crippen LogP contribution in [0.15, 0.2) is 36.5 Å². The zero-order valence-electron chi connectivity index (χ0n) is 11.7. The van der Waals surface area contributed by atoms with Gasteiger partial charge in [0.2, 0.25) is 0 Å². The SMILES string of the molecule is Cc1c(Cl)cnc(NC(=S)N[C@@H](C)c2ccccc2)c1Cl. The van der Waals surface area contributed by atoms with Gasteiger partial charge in [0.15, 0.2) is 10.9 Å². The van der Waals surface area contributed by atoms with Crippen molar-refractivity contribution in [3.63, 3.8) is 0 Å². The highest BCUT2D eigenvalue weighted by molar-refractivity contribution is 7.80. The van der Waals surface area contributed by atoms with E-state index < -0.39 is 0 Å². The molecule has 0 aliphatic carbocycles. The number of aromatic nitrogens is 1. The van der Waals surface area contributed by atoms with Crippen LogP contribution in [0.25, 0.3) is 0 Å². The Morgan fingerprint density at radius 1 is 1.24 bits per heavy atom. The number of thiocarbonyl (C=S) groups is 1. The van der Waals surface area contributed by atoms with Gasteiger partial charge in [0, 0.05) is 6.20 Å². The van der Waals surface area contributed by atoms with Crippen molar-refractivity contribution in [2.24, 2.45) is 0 Å². The highest BCUT2D eigenvalue weighted by Crippen LogP contribution is 2.28. The monoisotopic (exact) mass is 339 g/mol. The Hall–Kier alpha value is -1.36. The van der Waals surface area contributed by atoms with Gasteiger partial charge in [-0.1, -0.05) is 53.5 Å². The van der Waals surface area contributed by atoms with E-state index in [2.05, 4.69) is 15.6 Å². The standard InChI is InChI=1S/C15H15Cl2N3S/c1-9-12(16)8-18-14(13(9)17)20-15(21)19-10(2)11-6-4-3-5-7-11/h3-8,10H,1-2H3,(H2,18,19,20,21)/t10-/m0/s1. The molecule has 2 rings (SSSR count). The Bertz CT molecular complexity index is 647. The molecule has 0 unspecified atom stereocenters. The Morgan fingerprint density at radius 3 is 2.57 bits per heavy atom. The number of hydrogen-bond donors (Lipinski definition) is 2. The van der Waals surface area contributed by atoms with E-state index in [0.717, 1.165) is 11.1 Å². The zero-order valence-corrected chi connectivity index (χ0v) is 14.0. The third-order valence-corrected chi connectivity index (χ3v) is 4.14. The van der Waals surface area contributed by atoms with Gasteiger partial charge >= 0.3 is 0 Å². The summed E-state index contributed by atoms with van der Waals surface area (Å²) in [5.41, 5.74) is 1.92. The zero-order chi connectivity index (χ0) is 15.4. The van der Waals surface area contributed by atoms with E-state index in [-0.39, 0.29) is 6.04 Å². The molecule has 1 heterocycles. The van der Waals surface area contributed by atoms with Crippen LogP contribution >= 0.6 is 35.4 Å². The lowest BCUT2D eigenvalue weighted by Gasteiger charge is -2.18. The van der Waals surface area contributed by atoms with Gasteiger partial charge in [0.1, 0.15) is 0 Å². The maximum atomic E-state index is 6.20. The van der Waals surface area contributed by atoms with E-state index in [9.17, 15) is 0 Å². The van der Waals surface area contributed by atoms with Crippen LogP contribution < -0.4 is 10.6 Å². The molecule has 0 aliphatic heterocycles. The summed E-state index contributed by atoms with van der Waals surface area (Å²) in [7, 11) is 0. The molecule has 0 saturated heterocycles. The van der Waals surface area contributed by atoms with Crippen LogP contribution in [0.5, 0.6) is 0 Å². The third-order valence-electron chi connectivity index (χ3n) is 3.08. The highest BCUT2D eigenvalue weighted by Gasteiger charge is 2.11. The van der Waals surface area contributed by atoms with Crippen LogP contribution in [0.4, 0.5) is 5.82 Å². The Kier molecular flexibility index (Phi) is 5.39. The minimum absolute atomic E-state index is 0.0818. The summed E-state index contributed by atoms with van der Waals surface area (Å²) in [4.78, 5) is 4.16. The van der Waals surface area contributed by atoms with Crippen molar-refractivity contribution in [3.05, 3.63) is 57.7 Å². The van der Waals surface area contributed by atoms with E-state index in [1.165, 1.54) is 0 Å². The Morgan fingerprint density at radius 2 is 1.90 bits per heavy atom. The summed E-state index contributed by atoms with van der Waals surface area (Å²) in [6.07, 6.45) is 1.55. The van der Waals surface area contributed by atoms with Crippen LogP contribution in [-0.2, 0) is 0 Å². The highest BCUT2D eigenvalue weighted by atomic mass is 35.5. The molecule has 2 aromatic rings. The second-order valence-corrected chi connectivity index (χ2v) is 5.82. The molecule has 0 amide bonds. The molecule has 1 aromatic carbocycles. The maximum Gasteiger partial charge on any atom is 0.172 e. The van der Waals surface area contributed by atoms with E-state index in [4.69, 9.17) is 35.4 Å². The van der Waals surface area contributed by atoms with Crippen molar-refractivity contribution in [3.8, 4) is 0 Å². The Labute approximate surface area is 139 Å². The van der Waals surface area contributed by atoms with Gasteiger partial charge in [-0.25, -0.2) is 4.98 Å². The summed E-state index contributed by atoms with van der Waals surface area (Å²) in [5, 5.41) is 7.65. The number of halogens is 2. The molecule has 1 aromatic heterocycles. The predicted octanol–water partition coefficient (Wildman–Crippen LogP) is 4.74.